The second-order valence-corrected chi connectivity index (χ2v) is 4.65. The van der Waals surface area contributed by atoms with Crippen molar-refractivity contribution in [2.24, 2.45) is 0 Å². The first-order valence-electron chi connectivity index (χ1n) is 5.64. The van der Waals surface area contributed by atoms with Crippen molar-refractivity contribution in [2.45, 2.75) is 18.7 Å². The Bertz CT molecular complexity index is 413. The zero-order chi connectivity index (χ0) is 13.7. The molecule has 0 saturated heterocycles. The van der Waals surface area contributed by atoms with E-state index in [-0.39, 0.29) is 22.2 Å². The molecule has 0 unspecified atom stereocenters. The van der Waals surface area contributed by atoms with E-state index in [0.29, 0.717) is 13.1 Å². The number of hydrogen-bond acceptors (Lipinski definition) is 3. The first-order valence-corrected chi connectivity index (χ1v) is 6.63. The molecule has 0 aromatic heterocycles. The minimum absolute atomic E-state index is 0.0133. The number of amides is 1. The van der Waals surface area contributed by atoms with Crippen LogP contribution in [0.25, 0.3) is 0 Å². The van der Waals surface area contributed by atoms with Gasteiger partial charge in [0, 0.05) is 18.8 Å². The largest absolute Gasteiger partial charge is 0.399 e. The van der Waals surface area contributed by atoms with Gasteiger partial charge in [0.1, 0.15) is 11.6 Å². The van der Waals surface area contributed by atoms with Gasteiger partial charge in [0.25, 0.3) is 0 Å². The van der Waals surface area contributed by atoms with Crippen LogP contribution in [0.3, 0.4) is 0 Å². The number of thioether (sulfide) groups is 1. The van der Waals surface area contributed by atoms with Crippen molar-refractivity contribution in [3.05, 3.63) is 23.8 Å². The molecule has 0 heterocycles. The van der Waals surface area contributed by atoms with Crippen molar-refractivity contribution in [1.29, 1.82) is 0 Å². The molecule has 0 saturated carbocycles. The topological polar surface area (TPSA) is 46.3 Å². The van der Waals surface area contributed by atoms with Gasteiger partial charge in [0.2, 0.25) is 5.91 Å². The number of halogens is 2. The van der Waals surface area contributed by atoms with Crippen LogP contribution in [0.15, 0.2) is 17.0 Å². The summed E-state index contributed by atoms with van der Waals surface area (Å²) in [6.07, 6.45) is 0. The van der Waals surface area contributed by atoms with Crippen LogP contribution in [0.4, 0.5) is 14.5 Å². The Morgan fingerprint density at radius 3 is 2.22 bits per heavy atom. The maximum absolute atomic E-state index is 13.5. The second kappa shape index (κ2) is 6.58. The third-order valence-corrected chi connectivity index (χ3v) is 3.55. The van der Waals surface area contributed by atoms with E-state index in [1.54, 1.807) is 4.90 Å². The number of nitrogens with two attached hydrogens (primary N) is 1. The number of carbonyl (C=O) groups excluding carboxylic acids is 1. The minimum atomic E-state index is -0.732. The molecule has 0 spiro atoms. The van der Waals surface area contributed by atoms with Crippen LogP contribution in [0, 0.1) is 11.6 Å². The number of nitrogen functional groups attached to an aromatic ring is 1. The van der Waals surface area contributed by atoms with Crippen LogP contribution < -0.4 is 5.73 Å². The van der Waals surface area contributed by atoms with E-state index in [2.05, 4.69) is 0 Å². The number of carbonyl (C=O) groups is 1. The highest BCUT2D eigenvalue weighted by Crippen LogP contribution is 2.27. The molecule has 0 aliphatic heterocycles. The maximum atomic E-state index is 13.5. The molecular weight excluding hydrogens is 258 g/mol. The predicted molar refractivity (Wildman–Crippen MR) is 69.4 cm³/mol. The average Bonchev–Trinajstić information content (AvgIpc) is 2.29. The van der Waals surface area contributed by atoms with E-state index in [4.69, 9.17) is 5.73 Å². The van der Waals surface area contributed by atoms with Crippen LogP contribution >= 0.6 is 11.8 Å². The van der Waals surface area contributed by atoms with Crippen molar-refractivity contribution in [2.75, 3.05) is 24.6 Å². The highest BCUT2D eigenvalue weighted by Gasteiger charge is 2.15. The third-order valence-electron chi connectivity index (χ3n) is 2.48. The Balaban J connectivity index is 2.72. The minimum Gasteiger partial charge on any atom is -0.399 e. The first kappa shape index (κ1) is 14.8. The molecule has 1 rings (SSSR count). The molecule has 0 atom stereocenters. The van der Waals surface area contributed by atoms with Crippen molar-refractivity contribution in [3.8, 4) is 0 Å². The van der Waals surface area contributed by atoms with Gasteiger partial charge in [0.05, 0.1) is 10.6 Å². The Morgan fingerprint density at radius 2 is 1.78 bits per heavy atom. The van der Waals surface area contributed by atoms with E-state index in [9.17, 15) is 13.6 Å². The van der Waals surface area contributed by atoms with E-state index < -0.39 is 11.6 Å². The maximum Gasteiger partial charge on any atom is 0.232 e. The fourth-order valence-corrected chi connectivity index (χ4v) is 2.36. The average molecular weight is 274 g/mol. The van der Waals surface area contributed by atoms with Gasteiger partial charge < -0.3 is 10.6 Å². The molecule has 0 fully saturated rings. The van der Waals surface area contributed by atoms with Gasteiger partial charge in [-0.3, -0.25) is 4.79 Å². The lowest BCUT2D eigenvalue weighted by Gasteiger charge is -2.18. The predicted octanol–water partition coefficient (Wildman–Crippen LogP) is 2.51. The van der Waals surface area contributed by atoms with Crippen molar-refractivity contribution < 1.29 is 13.6 Å². The van der Waals surface area contributed by atoms with Gasteiger partial charge in [-0.25, -0.2) is 8.78 Å². The lowest BCUT2D eigenvalue weighted by atomic mass is 10.3. The molecule has 3 nitrogen and oxygen atoms in total. The summed E-state index contributed by atoms with van der Waals surface area (Å²) in [5.41, 5.74) is 5.34. The fourth-order valence-electron chi connectivity index (χ4n) is 1.52. The Morgan fingerprint density at radius 1 is 1.28 bits per heavy atom. The van der Waals surface area contributed by atoms with Crippen LogP contribution in [-0.4, -0.2) is 29.6 Å². The van der Waals surface area contributed by atoms with Gasteiger partial charge in [-0.15, -0.1) is 11.8 Å². The molecule has 18 heavy (non-hydrogen) atoms. The monoisotopic (exact) mass is 274 g/mol. The molecule has 0 radical (unpaired) electrons. The van der Waals surface area contributed by atoms with Crippen molar-refractivity contribution >= 4 is 23.4 Å². The summed E-state index contributed by atoms with van der Waals surface area (Å²) < 4.78 is 26.9. The molecule has 0 bridgehead atoms. The summed E-state index contributed by atoms with van der Waals surface area (Å²) in [6.45, 7) is 4.89. The number of rotatable bonds is 5. The van der Waals surface area contributed by atoms with Gasteiger partial charge in [-0.1, -0.05) is 0 Å². The van der Waals surface area contributed by atoms with Crippen molar-refractivity contribution in [3.63, 3.8) is 0 Å². The summed E-state index contributed by atoms with van der Waals surface area (Å²) >= 11 is 0.853. The van der Waals surface area contributed by atoms with Crippen molar-refractivity contribution in [1.82, 2.24) is 4.90 Å². The second-order valence-electron chi connectivity index (χ2n) is 3.67. The molecule has 0 aliphatic rings. The number of anilines is 1. The molecule has 1 aromatic carbocycles. The standard InChI is InChI=1S/C12H16F2N2OS/c1-3-16(4-2)11(17)7-18-12-9(13)5-8(15)6-10(12)14/h5-6H,3-4,7,15H2,1-2H3. The normalized spacial score (nSPS) is 10.4. The zero-order valence-corrected chi connectivity index (χ0v) is 11.2. The SMILES string of the molecule is CCN(CC)C(=O)CSc1c(F)cc(N)cc1F. The Kier molecular flexibility index (Phi) is 5.40. The summed E-state index contributed by atoms with van der Waals surface area (Å²) in [7, 11) is 0. The third kappa shape index (κ3) is 3.60. The molecule has 1 amide bonds. The first-order chi connectivity index (χ1) is 8.49. The number of benzene rings is 1. The highest BCUT2D eigenvalue weighted by atomic mass is 32.2. The van der Waals surface area contributed by atoms with E-state index in [0.717, 1.165) is 23.9 Å². The summed E-state index contributed by atoms with van der Waals surface area (Å²) in [6, 6.07) is 2.10. The van der Waals surface area contributed by atoms with E-state index >= 15 is 0 Å². The molecule has 2 N–H and O–H groups in total. The number of nitrogens with zero attached hydrogens (tertiary/aromatic N) is 1. The fraction of sp³-hybridized carbons (Fsp3) is 0.417. The van der Waals surface area contributed by atoms with E-state index in [1.165, 1.54) is 0 Å². The van der Waals surface area contributed by atoms with E-state index in [1.807, 2.05) is 13.8 Å². The zero-order valence-electron chi connectivity index (χ0n) is 10.4. The molecule has 6 heteroatoms. The summed E-state index contributed by atoms with van der Waals surface area (Å²) in [5.74, 6) is -1.59. The van der Waals surface area contributed by atoms with Gasteiger partial charge in [0.15, 0.2) is 0 Å². The highest BCUT2D eigenvalue weighted by molar-refractivity contribution is 8.00. The lowest BCUT2D eigenvalue weighted by Crippen LogP contribution is -2.31. The Hall–Kier alpha value is -1.30. The molecular formula is C12H16F2N2OS. The summed E-state index contributed by atoms with van der Waals surface area (Å²) in [4.78, 5) is 13.2. The molecule has 0 aliphatic carbocycles. The quantitative estimate of drug-likeness (QED) is 0.663. The molecule has 1 aromatic rings. The van der Waals surface area contributed by atoms with Gasteiger partial charge in [-0.05, 0) is 26.0 Å². The Labute approximate surface area is 109 Å². The van der Waals surface area contributed by atoms with Crippen LogP contribution in [0.1, 0.15) is 13.8 Å². The lowest BCUT2D eigenvalue weighted by molar-refractivity contribution is -0.127. The van der Waals surface area contributed by atoms with Crippen LogP contribution in [-0.2, 0) is 4.79 Å². The number of hydrogen-bond donors (Lipinski definition) is 1. The molecule has 100 valence electrons. The smallest absolute Gasteiger partial charge is 0.232 e. The van der Waals surface area contributed by atoms with Crippen LogP contribution in [0.5, 0.6) is 0 Å². The van der Waals surface area contributed by atoms with Gasteiger partial charge in [-0.2, -0.15) is 0 Å². The van der Waals surface area contributed by atoms with Gasteiger partial charge >= 0.3 is 0 Å². The van der Waals surface area contributed by atoms with Crippen LogP contribution in [0.2, 0.25) is 0 Å². The summed E-state index contributed by atoms with van der Waals surface area (Å²) in [5, 5.41) is 0.